The van der Waals surface area contributed by atoms with Crippen LogP contribution in [0.25, 0.3) is 0 Å². The molecule has 0 saturated heterocycles. The van der Waals surface area contributed by atoms with E-state index in [4.69, 9.17) is 10.8 Å². The zero-order chi connectivity index (χ0) is 13.3. The van der Waals surface area contributed by atoms with E-state index in [-0.39, 0.29) is 11.7 Å². The standard InChI is InChI=1S/C13H17FN2O2/c1-7-2-3-8(4-7)16-12-6-10(14)9(13(17)18)5-11(12)15/h5-8,16H,2-4,15H2,1H3,(H,17,18). The number of hydrogen-bond acceptors (Lipinski definition) is 3. The molecule has 1 saturated carbocycles. The number of rotatable bonds is 3. The van der Waals surface area contributed by atoms with Crippen molar-refractivity contribution in [2.24, 2.45) is 5.92 Å². The second-order valence-electron chi connectivity index (χ2n) is 4.98. The summed E-state index contributed by atoms with van der Waals surface area (Å²) in [6.45, 7) is 2.18. The summed E-state index contributed by atoms with van der Waals surface area (Å²) in [4.78, 5) is 10.8. The summed E-state index contributed by atoms with van der Waals surface area (Å²) in [5.74, 6) is -1.41. The van der Waals surface area contributed by atoms with Crippen LogP contribution in [-0.2, 0) is 0 Å². The normalized spacial score (nSPS) is 23.0. The van der Waals surface area contributed by atoms with Crippen molar-refractivity contribution in [2.45, 2.75) is 32.2 Å². The van der Waals surface area contributed by atoms with E-state index in [1.165, 1.54) is 12.1 Å². The summed E-state index contributed by atoms with van der Waals surface area (Å²) in [5, 5.41) is 12.0. The number of carbonyl (C=O) groups is 1. The molecule has 0 bridgehead atoms. The third-order valence-corrected chi connectivity index (χ3v) is 3.42. The van der Waals surface area contributed by atoms with Gasteiger partial charge in [-0.05, 0) is 37.3 Å². The van der Waals surface area contributed by atoms with Crippen LogP contribution >= 0.6 is 0 Å². The van der Waals surface area contributed by atoms with Gasteiger partial charge in [-0.1, -0.05) is 6.92 Å². The molecule has 1 aliphatic carbocycles. The number of nitrogens with two attached hydrogens (primary N) is 1. The van der Waals surface area contributed by atoms with Crippen LogP contribution in [0.2, 0.25) is 0 Å². The van der Waals surface area contributed by atoms with Crippen LogP contribution in [0.3, 0.4) is 0 Å². The number of carboxylic acid groups (broad SMARTS) is 1. The number of aromatic carboxylic acids is 1. The van der Waals surface area contributed by atoms with Crippen molar-refractivity contribution in [1.82, 2.24) is 0 Å². The molecule has 2 unspecified atom stereocenters. The number of carboxylic acids is 1. The second-order valence-corrected chi connectivity index (χ2v) is 4.98. The first-order valence-corrected chi connectivity index (χ1v) is 6.06. The average Bonchev–Trinajstić information content (AvgIpc) is 2.68. The minimum Gasteiger partial charge on any atom is -0.478 e. The lowest BCUT2D eigenvalue weighted by atomic mass is 10.1. The highest BCUT2D eigenvalue weighted by molar-refractivity contribution is 5.90. The van der Waals surface area contributed by atoms with Gasteiger partial charge in [-0.25, -0.2) is 9.18 Å². The molecule has 0 aliphatic heterocycles. The highest BCUT2D eigenvalue weighted by atomic mass is 19.1. The van der Waals surface area contributed by atoms with E-state index in [0.29, 0.717) is 11.6 Å². The molecule has 2 atom stereocenters. The average molecular weight is 252 g/mol. The molecule has 1 aromatic rings. The fraction of sp³-hybridized carbons (Fsp3) is 0.462. The summed E-state index contributed by atoms with van der Waals surface area (Å²) in [6, 6.07) is 2.62. The Morgan fingerprint density at radius 2 is 2.22 bits per heavy atom. The fourth-order valence-corrected chi connectivity index (χ4v) is 2.44. The molecule has 98 valence electrons. The number of anilines is 2. The van der Waals surface area contributed by atoms with E-state index in [1.54, 1.807) is 0 Å². The summed E-state index contributed by atoms with van der Waals surface area (Å²) in [6.07, 6.45) is 3.21. The Labute approximate surface area is 105 Å². The van der Waals surface area contributed by atoms with Crippen LogP contribution in [0, 0.1) is 11.7 Å². The predicted octanol–water partition coefficient (Wildman–Crippen LogP) is 2.71. The number of halogens is 1. The maximum absolute atomic E-state index is 13.6. The lowest BCUT2D eigenvalue weighted by Crippen LogP contribution is -2.17. The molecular weight excluding hydrogens is 235 g/mol. The maximum Gasteiger partial charge on any atom is 0.338 e. The van der Waals surface area contributed by atoms with Crippen molar-refractivity contribution in [3.8, 4) is 0 Å². The smallest absolute Gasteiger partial charge is 0.338 e. The van der Waals surface area contributed by atoms with Crippen molar-refractivity contribution < 1.29 is 14.3 Å². The second kappa shape index (κ2) is 4.84. The van der Waals surface area contributed by atoms with Crippen LogP contribution in [0.5, 0.6) is 0 Å². The van der Waals surface area contributed by atoms with Crippen molar-refractivity contribution in [3.63, 3.8) is 0 Å². The number of nitrogen functional groups attached to an aromatic ring is 1. The zero-order valence-corrected chi connectivity index (χ0v) is 10.2. The maximum atomic E-state index is 13.6. The van der Waals surface area contributed by atoms with Crippen LogP contribution in [0.1, 0.15) is 36.5 Å². The number of hydrogen-bond donors (Lipinski definition) is 3. The van der Waals surface area contributed by atoms with Crippen molar-refractivity contribution in [2.75, 3.05) is 11.1 Å². The van der Waals surface area contributed by atoms with Gasteiger partial charge in [-0.3, -0.25) is 0 Å². The molecule has 1 aliphatic rings. The van der Waals surface area contributed by atoms with Gasteiger partial charge in [0.25, 0.3) is 0 Å². The first-order valence-electron chi connectivity index (χ1n) is 6.06. The van der Waals surface area contributed by atoms with E-state index in [9.17, 15) is 9.18 Å². The van der Waals surface area contributed by atoms with E-state index < -0.39 is 17.3 Å². The minimum absolute atomic E-state index is 0.272. The summed E-state index contributed by atoms with van der Waals surface area (Å²) in [5.41, 5.74) is 6.11. The molecule has 1 aromatic carbocycles. The topological polar surface area (TPSA) is 75.3 Å². The third-order valence-electron chi connectivity index (χ3n) is 3.42. The first-order chi connectivity index (χ1) is 8.47. The molecule has 0 aromatic heterocycles. The van der Waals surface area contributed by atoms with Crippen LogP contribution in [0.4, 0.5) is 15.8 Å². The Morgan fingerprint density at radius 3 is 2.78 bits per heavy atom. The van der Waals surface area contributed by atoms with Crippen LogP contribution in [-0.4, -0.2) is 17.1 Å². The van der Waals surface area contributed by atoms with Crippen molar-refractivity contribution in [1.29, 1.82) is 0 Å². The fourth-order valence-electron chi connectivity index (χ4n) is 2.44. The molecular formula is C13H17FN2O2. The molecule has 0 spiro atoms. The lowest BCUT2D eigenvalue weighted by molar-refractivity contribution is 0.0692. The van der Waals surface area contributed by atoms with Gasteiger partial charge in [0.15, 0.2) is 0 Å². The molecule has 5 heteroatoms. The Balaban J connectivity index is 2.19. The van der Waals surface area contributed by atoms with E-state index in [0.717, 1.165) is 19.3 Å². The Hall–Kier alpha value is -1.78. The number of nitrogens with one attached hydrogen (secondary N) is 1. The summed E-state index contributed by atoms with van der Waals surface area (Å²) >= 11 is 0. The van der Waals surface area contributed by atoms with Gasteiger partial charge in [0.1, 0.15) is 5.82 Å². The molecule has 4 nitrogen and oxygen atoms in total. The van der Waals surface area contributed by atoms with E-state index in [1.807, 2.05) is 0 Å². The highest BCUT2D eigenvalue weighted by Crippen LogP contribution is 2.30. The number of benzene rings is 1. The molecule has 1 fully saturated rings. The van der Waals surface area contributed by atoms with Crippen LogP contribution in [0.15, 0.2) is 12.1 Å². The van der Waals surface area contributed by atoms with Gasteiger partial charge in [0.05, 0.1) is 16.9 Å². The van der Waals surface area contributed by atoms with Crippen molar-refractivity contribution >= 4 is 17.3 Å². The Bertz CT molecular complexity index is 476. The van der Waals surface area contributed by atoms with Gasteiger partial charge in [-0.15, -0.1) is 0 Å². The first kappa shape index (κ1) is 12.7. The molecule has 0 amide bonds. The third kappa shape index (κ3) is 2.55. The molecule has 4 N–H and O–H groups in total. The monoisotopic (exact) mass is 252 g/mol. The van der Waals surface area contributed by atoms with Gasteiger partial charge in [0.2, 0.25) is 0 Å². The zero-order valence-electron chi connectivity index (χ0n) is 10.2. The van der Waals surface area contributed by atoms with Gasteiger partial charge in [-0.2, -0.15) is 0 Å². The molecule has 0 heterocycles. The van der Waals surface area contributed by atoms with Gasteiger partial charge < -0.3 is 16.2 Å². The van der Waals surface area contributed by atoms with Gasteiger partial charge >= 0.3 is 5.97 Å². The SMILES string of the molecule is CC1CCC(Nc2cc(F)c(C(=O)O)cc2N)C1. The minimum atomic E-state index is -1.31. The predicted molar refractivity (Wildman–Crippen MR) is 68.2 cm³/mol. The van der Waals surface area contributed by atoms with Crippen molar-refractivity contribution in [3.05, 3.63) is 23.5 Å². The van der Waals surface area contributed by atoms with Crippen LogP contribution < -0.4 is 11.1 Å². The summed E-state index contributed by atoms with van der Waals surface area (Å²) in [7, 11) is 0. The van der Waals surface area contributed by atoms with Gasteiger partial charge in [0, 0.05) is 6.04 Å². The lowest BCUT2D eigenvalue weighted by Gasteiger charge is -2.16. The van der Waals surface area contributed by atoms with E-state index in [2.05, 4.69) is 12.2 Å². The Kier molecular flexibility index (Phi) is 3.41. The van der Waals surface area contributed by atoms with E-state index >= 15 is 0 Å². The largest absolute Gasteiger partial charge is 0.478 e. The molecule has 2 rings (SSSR count). The molecule has 0 radical (unpaired) electrons. The highest BCUT2D eigenvalue weighted by Gasteiger charge is 2.22. The Morgan fingerprint density at radius 1 is 1.50 bits per heavy atom. The quantitative estimate of drug-likeness (QED) is 0.723. The summed E-state index contributed by atoms with van der Waals surface area (Å²) < 4.78 is 13.6. The molecule has 18 heavy (non-hydrogen) atoms.